The van der Waals surface area contributed by atoms with Crippen LogP contribution in [0.15, 0.2) is 23.8 Å². The van der Waals surface area contributed by atoms with Gasteiger partial charge >= 0.3 is 0 Å². The van der Waals surface area contributed by atoms with E-state index in [0.29, 0.717) is 0 Å². The van der Waals surface area contributed by atoms with Crippen LogP contribution in [0.1, 0.15) is 78.6 Å². The van der Waals surface area contributed by atoms with Gasteiger partial charge in [-0.1, -0.05) is 64.0 Å². The summed E-state index contributed by atoms with van der Waals surface area (Å²) in [6.45, 7) is 10.8. The van der Waals surface area contributed by atoms with E-state index < -0.39 is 0 Å². The van der Waals surface area contributed by atoms with Crippen LogP contribution in [-0.4, -0.2) is 0 Å². The molecule has 0 saturated carbocycles. The molecule has 0 aromatic heterocycles. The van der Waals surface area contributed by atoms with Crippen molar-refractivity contribution in [1.82, 2.24) is 0 Å². The predicted octanol–water partition coefficient (Wildman–Crippen LogP) is 6.04. The molecule has 0 amide bonds. The van der Waals surface area contributed by atoms with Crippen molar-refractivity contribution in [3.05, 3.63) is 23.8 Å². The van der Waals surface area contributed by atoms with Crippen molar-refractivity contribution in [2.24, 2.45) is 0 Å². The summed E-state index contributed by atoms with van der Waals surface area (Å²) in [6, 6.07) is 0. The molecule has 0 aliphatic rings. The SMILES string of the molecule is C=C(/C=C(\C#CCCCC)CCCC)CCCC. The zero-order chi connectivity index (χ0) is 13.6. The van der Waals surface area contributed by atoms with Gasteiger partial charge in [0.25, 0.3) is 0 Å². The zero-order valence-electron chi connectivity index (χ0n) is 12.6. The normalized spacial score (nSPS) is 10.9. The first-order valence-corrected chi connectivity index (χ1v) is 7.61. The fourth-order valence-corrected chi connectivity index (χ4v) is 1.70. The largest absolute Gasteiger partial charge is 0.0982 e. The maximum Gasteiger partial charge on any atom is 0.00922 e. The summed E-state index contributed by atoms with van der Waals surface area (Å²) >= 11 is 0. The van der Waals surface area contributed by atoms with Crippen molar-refractivity contribution in [2.75, 3.05) is 0 Å². The van der Waals surface area contributed by atoms with Gasteiger partial charge in [0, 0.05) is 12.0 Å². The average Bonchev–Trinajstić information content (AvgIpc) is 2.38. The van der Waals surface area contributed by atoms with Crippen LogP contribution in [0.4, 0.5) is 0 Å². The molecule has 0 aliphatic carbocycles. The van der Waals surface area contributed by atoms with Crippen LogP contribution in [0.3, 0.4) is 0 Å². The van der Waals surface area contributed by atoms with Crippen molar-refractivity contribution in [3.8, 4) is 11.8 Å². The Morgan fingerprint density at radius 1 is 0.944 bits per heavy atom. The van der Waals surface area contributed by atoms with Gasteiger partial charge < -0.3 is 0 Å². The fourth-order valence-electron chi connectivity index (χ4n) is 1.70. The van der Waals surface area contributed by atoms with Crippen LogP contribution >= 0.6 is 0 Å². The van der Waals surface area contributed by atoms with E-state index in [0.717, 1.165) is 19.3 Å². The number of hydrogen-bond acceptors (Lipinski definition) is 0. The number of allylic oxidation sites excluding steroid dienone is 3. The second-order valence-electron chi connectivity index (χ2n) is 4.94. The molecule has 0 bridgehead atoms. The van der Waals surface area contributed by atoms with E-state index in [2.05, 4.69) is 45.3 Å². The molecule has 0 aromatic carbocycles. The van der Waals surface area contributed by atoms with Crippen LogP contribution in [0.2, 0.25) is 0 Å². The lowest BCUT2D eigenvalue weighted by Gasteiger charge is -2.02. The minimum absolute atomic E-state index is 1.03. The summed E-state index contributed by atoms with van der Waals surface area (Å²) < 4.78 is 0. The highest BCUT2D eigenvalue weighted by Crippen LogP contribution is 2.13. The van der Waals surface area contributed by atoms with Crippen LogP contribution in [-0.2, 0) is 0 Å². The zero-order valence-corrected chi connectivity index (χ0v) is 12.6. The molecule has 0 rings (SSSR count). The summed E-state index contributed by atoms with van der Waals surface area (Å²) in [6.07, 6.45) is 12.9. The Balaban J connectivity index is 4.38. The molecule has 102 valence electrons. The van der Waals surface area contributed by atoms with Crippen molar-refractivity contribution in [2.45, 2.75) is 78.6 Å². The van der Waals surface area contributed by atoms with Crippen LogP contribution < -0.4 is 0 Å². The quantitative estimate of drug-likeness (QED) is 0.264. The molecule has 0 saturated heterocycles. The Labute approximate surface area is 115 Å². The molecule has 0 N–H and O–H groups in total. The molecule has 0 nitrogen and oxygen atoms in total. The molecule has 0 unspecified atom stereocenters. The Morgan fingerprint density at radius 3 is 2.17 bits per heavy atom. The third-order valence-electron chi connectivity index (χ3n) is 2.93. The maximum absolute atomic E-state index is 4.14. The van der Waals surface area contributed by atoms with Gasteiger partial charge in [0.15, 0.2) is 0 Å². The second-order valence-corrected chi connectivity index (χ2v) is 4.94. The standard InChI is InChI=1S/C18H30/c1-5-8-11-12-15-18(14-10-7-3)16-17(4)13-9-6-2/h16H,4-11,13-14H2,1-3H3/b18-16-. The maximum atomic E-state index is 4.14. The molecule has 0 heteroatoms. The first-order valence-electron chi connectivity index (χ1n) is 7.61. The van der Waals surface area contributed by atoms with Gasteiger partial charge in [-0.3, -0.25) is 0 Å². The van der Waals surface area contributed by atoms with Gasteiger partial charge in [-0.15, -0.1) is 0 Å². The summed E-state index contributed by atoms with van der Waals surface area (Å²) in [5.41, 5.74) is 2.53. The lowest BCUT2D eigenvalue weighted by Crippen LogP contribution is -1.84. The van der Waals surface area contributed by atoms with Crippen molar-refractivity contribution in [1.29, 1.82) is 0 Å². The molecule has 0 heterocycles. The van der Waals surface area contributed by atoms with E-state index in [4.69, 9.17) is 0 Å². The molecule has 0 fully saturated rings. The lowest BCUT2D eigenvalue weighted by molar-refractivity contribution is 0.787. The van der Waals surface area contributed by atoms with Gasteiger partial charge in [0.05, 0.1) is 0 Å². The monoisotopic (exact) mass is 246 g/mol. The molecule has 0 atom stereocenters. The lowest BCUT2D eigenvalue weighted by atomic mass is 10.0. The van der Waals surface area contributed by atoms with Gasteiger partial charge in [0.2, 0.25) is 0 Å². The third-order valence-corrected chi connectivity index (χ3v) is 2.93. The summed E-state index contributed by atoms with van der Waals surface area (Å²) in [7, 11) is 0. The summed E-state index contributed by atoms with van der Waals surface area (Å²) in [5, 5.41) is 0. The molecular weight excluding hydrogens is 216 g/mol. The van der Waals surface area contributed by atoms with Gasteiger partial charge in [-0.25, -0.2) is 0 Å². The first kappa shape index (κ1) is 17.0. The van der Waals surface area contributed by atoms with E-state index >= 15 is 0 Å². The molecule has 0 radical (unpaired) electrons. The highest BCUT2D eigenvalue weighted by molar-refractivity contribution is 5.34. The Morgan fingerprint density at radius 2 is 1.56 bits per heavy atom. The van der Waals surface area contributed by atoms with Gasteiger partial charge in [0.1, 0.15) is 0 Å². The fraction of sp³-hybridized carbons (Fsp3) is 0.667. The van der Waals surface area contributed by atoms with E-state index in [-0.39, 0.29) is 0 Å². The van der Waals surface area contributed by atoms with Crippen molar-refractivity contribution < 1.29 is 0 Å². The smallest absolute Gasteiger partial charge is 0.00922 e. The first-order chi connectivity index (χ1) is 8.74. The Bertz CT molecular complexity index is 296. The third kappa shape index (κ3) is 10.2. The Kier molecular flexibility index (Phi) is 11.8. The number of hydrogen-bond donors (Lipinski definition) is 0. The van der Waals surface area contributed by atoms with Crippen LogP contribution in [0, 0.1) is 11.8 Å². The molecule has 0 spiro atoms. The minimum atomic E-state index is 1.03. The predicted molar refractivity (Wildman–Crippen MR) is 83.6 cm³/mol. The van der Waals surface area contributed by atoms with Gasteiger partial charge in [-0.2, -0.15) is 0 Å². The summed E-state index contributed by atoms with van der Waals surface area (Å²) in [5.74, 6) is 6.64. The highest BCUT2D eigenvalue weighted by atomic mass is 14.0. The topological polar surface area (TPSA) is 0 Å². The Hall–Kier alpha value is -0.960. The number of unbranched alkanes of at least 4 members (excludes halogenated alkanes) is 4. The highest BCUT2D eigenvalue weighted by Gasteiger charge is 1.95. The van der Waals surface area contributed by atoms with Crippen molar-refractivity contribution in [3.63, 3.8) is 0 Å². The molecular formula is C18H30. The second kappa shape index (κ2) is 12.5. The molecule has 18 heavy (non-hydrogen) atoms. The van der Waals surface area contributed by atoms with Crippen molar-refractivity contribution >= 4 is 0 Å². The van der Waals surface area contributed by atoms with Gasteiger partial charge in [-0.05, 0) is 38.2 Å². The van der Waals surface area contributed by atoms with Crippen LogP contribution in [0.5, 0.6) is 0 Å². The average molecular weight is 246 g/mol. The van der Waals surface area contributed by atoms with E-state index in [9.17, 15) is 0 Å². The molecule has 0 aromatic rings. The van der Waals surface area contributed by atoms with E-state index in [1.807, 2.05) is 0 Å². The number of rotatable bonds is 9. The van der Waals surface area contributed by atoms with E-state index in [1.165, 1.54) is 49.7 Å². The van der Waals surface area contributed by atoms with E-state index in [1.54, 1.807) is 0 Å². The minimum Gasteiger partial charge on any atom is -0.0982 e. The summed E-state index contributed by atoms with van der Waals surface area (Å²) in [4.78, 5) is 0. The molecule has 0 aliphatic heterocycles. The van der Waals surface area contributed by atoms with Crippen LogP contribution in [0.25, 0.3) is 0 Å².